The van der Waals surface area contributed by atoms with Crippen molar-refractivity contribution in [1.29, 1.82) is 0 Å². The number of hydrogen-bond acceptors (Lipinski definition) is 12. The Morgan fingerprint density at radius 1 is 0.500 bits per heavy atom. The predicted octanol–water partition coefficient (Wildman–Crippen LogP) is 4.75. The fraction of sp³-hybridized carbons (Fsp3) is 0.227. The fourth-order valence-corrected chi connectivity index (χ4v) is 8.04. The van der Waals surface area contributed by atoms with E-state index in [1.807, 2.05) is 0 Å². The van der Waals surface area contributed by atoms with Gasteiger partial charge in [-0.25, -0.2) is 9.59 Å². The minimum absolute atomic E-state index is 0.0803. The third-order valence-corrected chi connectivity index (χ3v) is 10.6. The number of amides is 2. The molecule has 0 saturated carbocycles. The number of para-hydroxylation sites is 2. The van der Waals surface area contributed by atoms with Crippen molar-refractivity contribution in [1.82, 2.24) is 9.80 Å². The number of hydrogen-bond donors (Lipinski definition) is 2. The molecular formula is C44H40N2O12. The van der Waals surface area contributed by atoms with Crippen molar-refractivity contribution in [2.75, 3.05) is 28.4 Å². The molecule has 2 aliphatic rings. The number of ether oxygens (including phenoxy) is 4. The van der Waals surface area contributed by atoms with Gasteiger partial charge in [-0.15, -0.1) is 0 Å². The molecule has 0 radical (unpaired) electrons. The van der Waals surface area contributed by atoms with E-state index in [0.29, 0.717) is 11.1 Å². The number of phenols is 2. The van der Waals surface area contributed by atoms with Gasteiger partial charge in [0.15, 0.2) is 0 Å². The lowest BCUT2D eigenvalue weighted by molar-refractivity contribution is -0.167. The van der Waals surface area contributed by atoms with Crippen molar-refractivity contribution in [3.8, 4) is 11.5 Å². The van der Waals surface area contributed by atoms with E-state index >= 15 is 9.59 Å². The maximum absolute atomic E-state index is 16.1. The molecule has 0 saturated heterocycles. The normalized spacial score (nSPS) is 19.0. The lowest BCUT2D eigenvalue weighted by atomic mass is 9.53. The van der Waals surface area contributed by atoms with Crippen molar-refractivity contribution in [2.24, 2.45) is 10.8 Å². The van der Waals surface area contributed by atoms with Gasteiger partial charge in [-0.05, 0) is 35.4 Å². The molecule has 2 aliphatic heterocycles. The first-order valence-corrected chi connectivity index (χ1v) is 18.0. The second kappa shape index (κ2) is 16.5. The summed E-state index contributed by atoms with van der Waals surface area (Å²) in [6.45, 7) is -0.598. The van der Waals surface area contributed by atoms with E-state index in [-0.39, 0.29) is 35.6 Å². The Balaban J connectivity index is 1.88. The first kappa shape index (κ1) is 40.4. The highest BCUT2D eigenvalue weighted by atomic mass is 16.5. The molecular weight excluding hydrogens is 748 g/mol. The van der Waals surface area contributed by atoms with Crippen LogP contribution in [0.25, 0.3) is 11.4 Å². The summed E-state index contributed by atoms with van der Waals surface area (Å²) in [4.78, 5) is 91.8. The van der Waals surface area contributed by atoms with Crippen molar-refractivity contribution in [3.63, 3.8) is 0 Å². The van der Waals surface area contributed by atoms with Crippen molar-refractivity contribution in [2.45, 2.75) is 25.9 Å². The Labute approximate surface area is 333 Å². The summed E-state index contributed by atoms with van der Waals surface area (Å²) in [5.41, 5.74) is -6.70. The Kier molecular flexibility index (Phi) is 11.5. The molecule has 2 atom stereocenters. The van der Waals surface area contributed by atoms with Gasteiger partial charge in [0, 0.05) is 11.1 Å². The molecule has 0 bridgehead atoms. The highest BCUT2D eigenvalue weighted by molar-refractivity contribution is 6.23. The van der Waals surface area contributed by atoms with E-state index in [9.17, 15) is 29.4 Å². The van der Waals surface area contributed by atoms with Crippen LogP contribution in [0, 0.1) is 10.8 Å². The maximum Gasteiger partial charge on any atom is 0.337 e. The summed E-state index contributed by atoms with van der Waals surface area (Å²) in [6, 6.07) is 28.6. The smallest absolute Gasteiger partial charge is 0.337 e. The monoisotopic (exact) mass is 788 g/mol. The number of methoxy groups -OCH3 is 4. The Bertz CT molecular complexity index is 2190. The minimum atomic E-state index is -2.88. The summed E-state index contributed by atoms with van der Waals surface area (Å²) in [6.07, 6.45) is -2.24. The second-order valence-corrected chi connectivity index (χ2v) is 13.5. The molecule has 298 valence electrons. The Hall–Kier alpha value is -7.22. The van der Waals surface area contributed by atoms with Crippen LogP contribution in [0.1, 0.15) is 35.1 Å². The molecule has 2 amide bonds. The van der Waals surface area contributed by atoms with Gasteiger partial charge in [0.1, 0.15) is 22.3 Å². The van der Waals surface area contributed by atoms with Crippen LogP contribution in [0.15, 0.2) is 120 Å². The molecule has 14 nitrogen and oxygen atoms in total. The zero-order valence-corrected chi connectivity index (χ0v) is 32.1. The van der Waals surface area contributed by atoms with Crippen molar-refractivity contribution < 1.29 is 57.9 Å². The van der Waals surface area contributed by atoms with Gasteiger partial charge in [0.25, 0.3) is 0 Å². The summed E-state index contributed by atoms with van der Waals surface area (Å²) >= 11 is 0. The zero-order valence-electron chi connectivity index (χ0n) is 32.1. The van der Waals surface area contributed by atoms with Crippen molar-refractivity contribution in [3.05, 3.63) is 143 Å². The summed E-state index contributed by atoms with van der Waals surface area (Å²) < 4.78 is 21.1. The molecule has 4 aromatic carbocycles. The second-order valence-electron chi connectivity index (χ2n) is 13.5. The van der Waals surface area contributed by atoms with E-state index in [1.165, 1.54) is 48.5 Å². The van der Waals surface area contributed by atoms with Gasteiger partial charge >= 0.3 is 23.9 Å². The Morgan fingerprint density at radius 2 is 0.828 bits per heavy atom. The first-order valence-electron chi connectivity index (χ1n) is 18.0. The Morgan fingerprint density at radius 3 is 1.14 bits per heavy atom. The lowest BCUT2D eigenvalue weighted by Gasteiger charge is -2.44. The number of phenolic OH excluding ortho intramolecular Hbond substituents is 2. The number of benzene rings is 4. The summed E-state index contributed by atoms with van der Waals surface area (Å²) in [5, 5.41) is 22.8. The zero-order chi connectivity index (χ0) is 41.8. The van der Waals surface area contributed by atoms with Gasteiger partial charge in [-0.3, -0.25) is 19.2 Å². The van der Waals surface area contributed by atoms with Crippen molar-refractivity contribution >= 4 is 47.1 Å². The molecule has 0 aliphatic carbocycles. The van der Waals surface area contributed by atoms with Crippen LogP contribution in [0.2, 0.25) is 0 Å². The molecule has 2 N–H and O–H groups in total. The predicted molar refractivity (Wildman–Crippen MR) is 206 cm³/mol. The van der Waals surface area contributed by atoms with Gasteiger partial charge in [-0.2, -0.15) is 0 Å². The van der Waals surface area contributed by atoms with Crippen LogP contribution in [-0.2, 0) is 60.8 Å². The minimum Gasteiger partial charge on any atom is -0.507 e. The van der Waals surface area contributed by atoms with Crippen LogP contribution in [0.3, 0.4) is 0 Å². The largest absolute Gasteiger partial charge is 0.507 e. The number of carbonyl (C=O) groups excluding carboxylic acids is 6. The number of esters is 4. The lowest BCUT2D eigenvalue weighted by Crippen LogP contribution is -2.59. The number of nitrogens with zero attached hydrogens (tertiary/aromatic N) is 2. The van der Waals surface area contributed by atoms with Gasteiger partial charge < -0.3 is 39.0 Å². The van der Waals surface area contributed by atoms with E-state index in [0.717, 1.165) is 38.2 Å². The van der Waals surface area contributed by atoms with Crippen LogP contribution in [0.5, 0.6) is 11.5 Å². The van der Waals surface area contributed by atoms with E-state index in [4.69, 9.17) is 18.9 Å². The molecule has 14 heteroatoms. The molecule has 0 spiro atoms. The quantitative estimate of drug-likeness (QED) is 0.140. The van der Waals surface area contributed by atoms with Crippen LogP contribution >= 0.6 is 0 Å². The highest BCUT2D eigenvalue weighted by Gasteiger charge is 2.76. The van der Waals surface area contributed by atoms with E-state index < -0.39 is 82.0 Å². The molecule has 6 rings (SSSR count). The molecule has 58 heavy (non-hydrogen) atoms. The van der Waals surface area contributed by atoms with Gasteiger partial charge in [-0.1, -0.05) is 84.9 Å². The SMILES string of the molecule is COC(=O)CC1(C2(CC(=O)OC)C(=O)N(Cc3ccccc3)C(c3ccccc3O)=C2C(=O)OC)C(=O)N(Cc2ccccc2)C(c2ccccc2O)=C1C(=O)OC. The molecule has 2 unspecified atom stereocenters. The molecule has 0 fully saturated rings. The first-order chi connectivity index (χ1) is 27.9. The van der Waals surface area contributed by atoms with E-state index in [1.54, 1.807) is 60.7 Å². The average molecular weight is 789 g/mol. The maximum atomic E-state index is 16.1. The highest BCUT2D eigenvalue weighted by Crippen LogP contribution is 2.66. The fourth-order valence-electron chi connectivity index (χ4n) is 8.04. The summed E-state index contributed by atoms with van der Waals surface area (Å²) in [7, 11) is 4.08. The number of aromatic hydroxyl groups is 2. The van der Waals surface area contributed by atoms with E-state index in [2.05, 4.69) is 0 Å². The molecule has 0 aromatic heterocycles. The average Bonchev–Trinajstić information content (AvgIpc) is 3.62. The van der Waals surface area contributed by atoms with Crippen LogP contribution in [0.4, 0.5) is 0 Å². The third kappa shape index (κ3) is 6.61. The van der Waals surface area contributed by atoms with Crippen LogP contribution < -0.4 is 0 Å². The van der Waals surface area contributed by atoms with Gasteiger partial charge in [0.2, 0.25) is 11.8 Å². The molecule has 2 heterocycles. The summed E-state index contributed by atoms with van der Waals surface area (Å²) in [5.74, 6) is -7.73. The topological polar surface area (TPSA) is 186 Å². The third-order valence-electron chi connectivity index (χ3n) is 10.6. The standard InChI is InChI=1S/C44H40N2O12/c1-55-33(49)23-43(35(39(51)57-3)37(29-19-11-13-21-31(29)47)45(41(43)53)25-27-15-7-5-8-16-27)44(24-34(50)56-2)36(40(52)58-4)38(30-20-12-14-22-32(30)48)46(42(44)54)26-28-17-9-6-10-18-28/h5-22,47-48H,23-26H2,1-4H3. The molecule has 4 aromatic rings. The number of carbonyl (C=O) groups is 6. The van der Waals surface area contributed by atoms with Crippen LogP contribution in [-0.4, -0.2) is 84.1 Å². The number of rotatable bonds is 13. The van der Waals surface area contributed by atoms with Gasteiger partial charge in [0.05, 0.1) is 76.9 Å².